The lowest BCUT2D eigenvalue weighted by Gasteiger charge is -2.14. The number of benzene rings is 2. The zero-order valence-corrected chi connectivity index (χ0v) is 14.7. The summed E-state index contributed by atoms with van der Waals surface area (Å²) in [7, 11) is 0. The number of hydrogen-bond acceptors (Lipinski definition) is 4. The molecule has 134 valence electrons. The molecule has 2 aromatic rings. The predicted octanol–water partition coefficient (Wildman–Crippen LogP) is 3.01. The number of hydrogen-bond donors (Lipinski definition) is 2. The maximum absolute atomic E-state index is 12.6. The minimum atomic E-state index is -1.19. The van der Waals surface area contributed by atoms with Crippen LogP contribution < -0.4 is 11.1 Å². The molecule has 0 fully saturated rings. The number of carbonyl (C=O) groups excluding carboxylic acids is 3. The molecular weight excluding hydrogens is 356 g/mol. The summed E-state index contributed by atoms with van der Waals surface area (Å²) in [5.74, 6) is -1.52. The van der Waals surface area contributed by atoms with E-state index in [-0.39, 0.29) is 5.57 Å². The van der Waals surface area contributed by atoms with Gasteiger partial charge in [-0.1, -0.05) is 54.1 Å². The molecule has 0 aliphatic heterocycles. The second-order valence-corrected chi connectivity index (χ2v) is 5.81. The molecule has 0 unspecified atom stereocenters. The SMILES string of the molecule is C[C@H](OC(=O)/C(=C/c1ccccc1)c1ccc(Cl)cc1)C(=O)NC(N)=O. The first-order valence-electron chi connectivity index (χ1n) is 7.71. The fraction of sp³-hybridized carbons (Fsp3) is 0.105. The average molecular weight is 373 g/mol. The number of halogens is 1. The Labute approximate surface area is 155 Å². The zero-order valence-electron chi connectivity index (χ0n) is 13.9. The van der Waals surface area contributed by atoms with Crippen LogP contribution in [0.1, 0.15) is 18.1 Å². The van der Waals surface area contributed by atoms with Crippen LogP contribution in [-0.2, 0) is 14.3 Å². The predicted molar refractivity (Wildman–Crippen MR) is 99.0 cm³/mol. The molecular formula is C19H17ClN2O4. The Kier molecular flexibility index (Phi) is 6.52. The fourth-order valence-corrected chi connectivity index (χ4v) is 2.23. The van der Waals surface area contributed by atoms with Gasteiger partial charge < -0.3 is 10.5 Å². The minimum Gasteiger partial charge on any atom is -0.449 e. The lowest BCUT2D eigenvalue weighted by Crippen LogP contribution is -2.42. The Balaban J connectivity index is 2.30. The molecule has 0 radical (unpaired) electrons. The van der Waals surface area contributed by atoms with E-state index < -0.39 is 24.0 Å². The van der Waals surface area contributed by atoms with Crippen molar-refractivity contribution in [1.82, 2.24) is 5.32 Å². The molecule has 7 heteroatoms. The van der Waals surface area contributed by atoms with Crippen molar-refractivity contribution in [2.45, 2.75) is 13.0 Å². The van der Waals surface area contributed by atoms with E-state index in [0.717, 1.165) is 5.56 Å². The number of nitrogens with two attached hydrogens (primary N) is 1. The van der Waals surface area contributed by atoms with Crippen LogP contribution in [0.3, 0.4) is 0 Å². The highest BCUT2D eigenvalue weighted by Gasteiger charge is 2.22. The van der Waals surface area contributed by atoms with Crippen molar-refractivity contribution in [3.05, 3.63) is 70.7 Å². The van der Waals surface area contributed by atoms with Gasteiger partial charge in [-0.25, -0.2) is 9.59 Å². The number of primary amides is 1. The van der Waals surface area contributed by atoms with E-state index in [4.69, 9.17) is 22.1 Å². The Morgan fingerprint density at radius 1 is 1.08 bits per heavy atom. The summed E-state index contributed by atoms with van der Waals surface area (Å²) in [6, 6.07) is 14.8. The summed E-state index contributed by atoms with van der Waals surface area (Å²) in [5.41, 5.74) is 6.49. The summed E-state index contributed by atoms with van der Waals surface area (Å²) in [6.45, 7) is 1.35. The molecule has 0 saturated heterocycles. The lowest BCUT2D eigenvalue weighted by atomic mass is 10.0. The Morgan fingerprint density at radius 3 is 2.27 bits per heavy atom. The highest BCUT2D eigenvalue weighted by molar-refractivity contribution is 6.30. The number of imide groups is 1. The van der Waals surface area contributed by atoms with E-state index in [0.29, 0.717) is 10.6 Å². The summed E-state index contributed by atoms with van der Waals surface area (Å²) in [5, 5.41) is 2.39. The number of urea groups is 1. The van der Waals surface area contributed by atoms with Gasteiger partial charge in [-0.3, -0.25) is 10.1 Å². The molecule has 0 aliphatic carbocycles. The molecule has 0 spiro atoms. The largest absolute Gasteiger partial charge is 0.449 e. The van der Waals surface area contributed by atoms with Crippen LogP contribution in [0.25, 0.3) is 11.6 Å². The highest BCUT2D eigenvalue weighted by atomic mass is 35.5. The third kappa shape index (κ3) is 5.46. The lowest BCUT2D eigenvalue weighted by molar-refractivity contribution is -0.148. The van der Waals surface area contributed by atoms with Crippen molar-refractivity contribution in [1.29, 1.82) is 0 Å². The normalized spacial score (nSPS) is 12.2. The van der Waals surface area contributed by atoms with Gasteiger partial charge in [0.25, 0.3) is 5.91 Å². The summed E-state index contributed by atoms with van der Waals surface area (Å²) >= 11 is 5.90. The molecule has 3 amide bonds. The van der Waals surface area contributed by atoms with Crippen molar-refractivity contribution in [2.24, 2.45) is 5.73 Å². The molecule has 2 rings (SSSR count). The van der Waals surface area contributed by atoms with Crippen LogP contribution in [-0.4, -0.2) is 24.0 Å². The van der Waals surface area contributed by atoms with E-state index in [1.165, 1.54) is 6.92 Å². The Morgan fingerprint density at radius 2 is 1.69 bits per heavy atom. The molecule has 1 atom stereocenters. The monoisotopic (exact) mass is 372 g/mol. The van der Waals surface area contributed by atoms with Crippen molar-refractivity contribution in [2.75, 3.05) is 0 Å². The quantitative estimate of drug-likeness (QED) is 0.478. The van der Waals surface area contributed by atoms with Gasteiger partial charge in [0.15, 0.2) is 6.10 Å². The summed E-state index contributed by atoms with van der Waals surface area (Å²) < 4.78 is 5.17. The molecule has 0 aliphatic rings. The smallest absolute Gasteiger partial charge is 0.339 e. The first kappa shape index (κ1) is 19.2. The van der Waals surface area contributed by atoms with Gasteiger partial charge in [0.2, 0.25) is 0 Å². The Bertz CT molecular complexity index is 832. The number of esters is 1. The minimum absolute atomic E-state index is 0.242. The number of carbonyl (C=O) groups is 3. The van der Waals surface area contributed by atoms with E-state index in [2.05, 4.69) is 0 Å². The maximum atomic E-state index is 12.6. The van der Waals surface area contributed by atoms with E-state index >= 15 is 0 Å². The standard InChI is InChI=1S/C19H17ClN2O4/c1-12(17(23)22-19(21)25)26-18(24)16(11-13-5-3-2-4-6-13)14-7-9-15(20)10-8-14/h2-12H,1H3,(H3,21,22,23,25)/b16-11+/t12-/m0/s1. The van der Waals surface area contributed by atoms with Gasteiger partial charge >= 0.3 is 12.0 Å². The van der Waals surface area contributed by atoms with Crippen LogP contribution in [0, 0.1) is 0 Å². The third-order valence-electron chi connectivity index (χ3n) is 3.39. The van der Waals surface area contributed by atoms with E-state index in [9.17, 15) is 14.4 Å². The maximum Gasteiger partial charge on any atom is 0.339 e. The molecule has 6 nitrogen and oxygen atoms in total. The second-order valence-electron chi connectivity index (χ2n) is 5.38. The van der Waals surface area contributed by atoms with Crippen LogP contribution >= 0.6 is 11.6 Å². The van der Waals surface area contributed by atoms with Crippen molar-refractivity contribution >= 4 is 41.2 Å². The van der Waals surface area contributed by atoms with Crippen LogP contribution in [0.4, 0.5) is 4.79 Å². The molecule has 0 saturated carbocycles. The van der Waals surface area contributed by atoms with Crippen molar-refractivity contribution < 1.29 is 19.1 Å². The number of amides is 3. The van der Waals surface area contributed by atoms with Crippen LogP contribution in [0.2, 0.25) is 5.02 Å². The Hall–Kier alpha value is -3.12. The number of rotatable bonds is 5. The molecule has 26 heavy (non-hydrogen) atoms. The van der Waals surface area contributed by atoms with Crippen LogP contribution in [0.5, 0.6) is 0 Å². The number of ether oxygens (including phenoxy) is 1. The van der Waals surface area contributed by atoms with Gasteiger partial charge in [-0.2, -0.15) is 0 Å². The van der Waals surface area contributed by atoms with Gasteiger partial charge in [0.1, 0.15) is 0 Å². The molecule has 3 N–H and O–H groups in total. The topological polar surface area (TPSA) is 98.5 Å². The first-order chi connectivity index (χ1) is 12.4. The third-order valence-corrected chi connectivity index (χ3v) is 3.64. The zero-order chi connectivity index (χ0) is 19.1. The number of nitrogens with one attached hydrogen (secondary N) is 1. The summed E-state index contributed by atoms with van der Waals surface area (Å²) in [4.78, 5) is 35.1. The van der Waals surface area contributed by atoms with Gasteiger partial charge in [0, 0.05) is 5.02 Å². The molecule has 0 heterocycles. The van der Waals surface area contributed by atoms with Gasteiger partial charge in [-0.05, 0) is 36.3 Å². The van der Waals surface area contributed by atoms with Crippen molar-refractivity contribution in [3.63, 3.8) is 0 Å². The summed E-state index contributed by atoms with van der Waals surface area (Å²) in [6.07, 6.45) is 0.450. The second kappa shape index (κ2) is 8.82. The van der Waals surface area contributed by atoms with Gasteiger partial charge in [0.05, 0.1) is 5.57 Å². The molecule has 0 bridgehead atoms. The van der Waals surface area contributed by atoms with Crippen LogP contribution in [0.15, 0.2) is 54.6 Å². The first-order valence-corrected chi connectivity index (χ1v) is 8.08. The fourth-order valence-electron chi connectivity index (χ4n) is 2.11. The van der Waals surface area contributed by atoms with Crippen molar-refractivity contribution in [3.8, 4) is 0 Å². The van der Waals surface area contributed by atoms with E-state index in [1.54, 1.807) is 30.3 Å². The average Bonchev–Trinajstić information content (AvgIpc) is 2.60. The molecule has 2 aromatic carbocycles. The van der Waals surface area contributed by atoms with Gasteiger partial charge in [-0.15, -0.1) is 0 Å². The van der Waals surface area contributed by atoms with E-state index in [1.807, 2.05) is 35.6 Å². The highest BCUT2D eigenvalue weighted by Crippen LogP contribution is 2.22. The molecule has 0 aromatic heterocycles.